The predicted octanol–water partition coefficient (Wildman–Crippen LogP) is 5.11. The molecule has 0 radical (unpaired) electrons. The molecule has 0 spiro atoms. The van der Waals surface area contributed by atoms with E-state index in [0.717, 1.165) is 27.8 Å². The quantitative estimate of drug-likeness (QED) is 0.307. The van der Waals surface area contributed by atoms with Gasteiger partial charge in [0.1, 0.15) is 11.1 Å². The standard InChI is InChI=1S/C29H27BrN2O6/c30-27-28(37-17-23-4-2-1-3-5-23)31-19-32(16-22-10-6-20(7-11-22)14-25(33)34)29(27)38-18-24-12-8-21(9-13-24)15-26(35)36/h1-13,19,29H,14-18H2,(H,33,34)(H,35,36). The number of carboxylic acids is 2. The smallest absolute Gasteiger partial charge is 0.307 e. The van der Waals surface area contributed by atoms with Crippen molar-refractivity contribution in [1.82, 2.24) is 4.90 Å². The van der Waals surface area contributed by atoms with Crippen LogP contribution in [0.25, 0.3) is 0 Å². The number of aliphatic carboxylic acids is 2. The minimum atomic E-state index is -0.876. The average molecular weight is 579 g/mol. The molecule has 196 valence electrons. The highest BCUT2D eigenvalue weighted by Crippen LogP contribution is 2.29. The average Bonchev–Trinajstić information content (AvgIpc) is 2.90. The van der Waals surface area contributed by atoms with Gasteiger partial charge >= 0.3 is 11.9 Å². The second-order valence-electron chi connectivity index (χ2n) is 8.78. The molecular weight excluding hydrogens is 552 g/mol. The van der Waals surface area contributed by atoms with Gasteiger partial charge in [-0.3, -0.25) is 9.59 Å². The number of nitrogens with zero attached hydrogens (tertiary/aromatic N) is 2. The summed E-state index contributed by atoms with van der Waals surface area (Å²) in [6.45, 7) is 1.10. The third kappa shape index (κ3) is 7.77. The lowest BCUT2D eigenvalue weighted by Gasteiger charge is -2.33. The van der Waals surface area contributed by atoms with Crippen molar-refractivity contribution in [1.29, 1.82) is 0 Å². The molecule has 0 aromatic heterocycles. The van der Waals surface area contributed by atoms with Gasteiger partial charge in [-0.2, -0.15) is 0 Å². The van der Waals surface area contributed by atoms with Crippen LogP contribution in [0, 0.1) is 0 Å². The zero-order valence-corrected chi connectivity index (χ0v) is 22.1. The first kappa shape index (κ1) is 27.1. The molecule has 4 rings (SSSR count). The monoisotopic (exact) mass is 578 g/mol. The van der Waals surface area contributed by atoms with E-state index in [-0.39, 0.29) is 19.4 Å². The van der Waals surface area contributed by atoms with Crippen LogP contribution in [0.5, 0.6) is 0 Å². The van der Waals surface area contributed by atoms with Crippen LogP contribution in [-0.4, -0.2) is 39.6 Å². The van der Waals surface area contributed by atoms with E-state index in [9.17, 15) is 9.59 Å². The van der Waals surface area contributed by atoms with Gasteiger partial charge < -0.3 is 24.6 Å². The van der Waals surface area contributed by atoms with Crippen LogP contribution in [0.2, 0.25) is 0 Å². The maximum absolute atomic E-state index is 11.0. The third-order valence-corrected chi connectivity index (χ3v) is 6.52. The minimum absolute atomic E-state index is 0.0289. The number of ether oxygens (including phenoxy) is 2. The van der Waals surface area contributed by atoms with Gasteiger partial charge in [-0.05, 0) is 43.7 Å². The fourth-order valence-electron chi connectivity index (χ4n) is 3.88. The fourth-order valence-corrected chi connectivity index (χ4v) is 4.49. The summed E-state index contributed by atoms with van der Waals surface area (Å²) in [4.78, 5) is 28.4. The molecule has 9 heteroatoms. The van der Waals surface area contributed by atoms with Gasteiger partial charge in [0.15, 0.2) is 6.23 Å². The van der Waals surface area contributed by atoms with Crippen molar-refractivity contribution in [2.75, 3.05) is 0 Å². The summed E-state index contributed by atoms with van der Waals surface area (Å²) in [5.41, 5.74) is 4.32. The van der Waals surface area contributed by atoms with Crippen molar-refractivity contribution in [3.05, 3.63) is 117 Å². The van der Waals surface area contributed by atoms with Crippen LogP contribution in [0.1, 0.15) is 27.8 Å². The van der Waals surface area contributed by atoms with E-state index in [4.69, 9.17) is 19.7 Å². The van der Waals surface area contributed by atoms with Gasteiger partial charge in [-0.1, -0.05) is 78.9 Å². The number of carbonyl (C=O) groups is 2. The van der Waals surface area contributed by atoms with Gasteiger partial charge in [0, 0.05) is 6.54 Å². The lowest BCUT2D eigenvalue weighted by molar-refractivity contribution is -0.137. The maximum Gasteiger partial charge on any atom is 0.307 e. The summed E-state index contributed by atoms with van der Waals surface area (Å²) in [6, 6.07) is 24.5. The Morgan fingerprint density at radius 2 is 1.29 bits per heavy atom. The Morgan fingerprint density at radius 3 is 1.87 bits per heavy atom. The van der Waals surface area contributed by atoms with E-state index < -0.39 is 18.2 Å². The van der Waals surface area contributed by atoms with Crippen molar-refractivity contribution < 1.29 is 29.3 Å². The number of halogens is 1. The number of hydrogen-bond acceptors (Lipinski definition) is 6. The van der Waals surface area contributed by atoms with Crippen molar-refractivity contribution in [3.8, 4) is 0 Å². The lowest BCUT2D eigenvalue weighted by Crippen LogP contribution is -2.39. The Morgan fingerprint density at radius 1 is 0.763 bits per heavy atom. The van der Waals surface area contributed by atoms with Gasteiger partial charge in [0.2, 0.25) is 5.88 Å². The Labute approximate surface area is 229 Å². The van der Waals surface area contributed by atoms with Crippen molar-refractivity contribution in [3.63, 3.8) is 0 Å². The van der Waals surface area contributed by atoms with E-state index in [0.29, 0.717) is 23.5 Å². The topological polar surface area (TPSA) is 109 Å². The molecule has 0 amide bonds. The summed E-state index contributed by atoms with van der Waals surface area (Å²) < 4.78 is 12.9. The second-order valence-corrected chi connectivity index (χ2v) is 9.64. The molecule has 0 saturated heterocycles. The zero-order chi connectivity index (χ0) is 26.9. The number of carboxylic acid groups (broad SMARTS) is 2. The highest BCUT2D eigenvalue weighted by atomic mass is 79.9. The van der Waals surface area contributed by atoms with Crippen LogP contribution in [0.3, 0.4) is 0 Å². The highest BCUT2D eigenvalue weighted by Gasteiger charge is 2.28. The van der Waals surface area contributed by atoms with Gasteiger partial charge in [0.05, 0.1) is 25.8 Å². The van der Waals surface area contributed by atoms with Gasteiger partial charge in [-0.25, -0.2) is 4.99 Å². The van der Waals surface area contributed by atoms with Crippen LogP contribution in [0.15, 0.2) is 94.2 Å². The minimum Gasteiger partial charge on any atom is -0.481 e. The van der Waals surface area contributed by atoms with E-state index in [1.807, 2.05) is 59.5 Å². The molecule has 0 aliphatic carbocycles. The Balaban J connectivity index is 1.49. The van der Waals surface area contributed by atoms with Crippen LogP contribution in [0.4, 0.5) is 0 Å². The van der Waals surface area contributed by atoms with Crippen molar-refractivity contribution in [2.45, 2.75) is 38.8 Å². The highest BCUT2D eigenvalue weighted by molar-refractivity contribution is 9.11. The number of benzene rings is 3. The fraction of sp³-hybridized carbons (Fsp3) is 0.207. The molecule has 0 bridgehead atoms. The van der Waals surface area contributed by atoms with Gasteiger partial charge in [-0.15, -0.1) is 0 Å². The van der Waals surface area contributed by atoms with Crippen LogP contribution >= 0.6 is 15.9 Å². The summed E-state index contributed by atoms with van der Waals surface area (Å²) in [7, 11) is 0. The SMILES string of the molecule is O=C(O)Cc1ccc(COC2C(Br)=C(OCc3ccccc3)N=CN2Cc2ccc(CC(=O)O)cc2)cc1. The Hall–Kier alpha value is -3.95. The first-order valence-electron chi connectivity index (χ1n) is 11.9. The second kappa shape index (κ2) is 13.0. The van der Waals surface area contributed by atoms with Gasteiger partial charge in [0.25, 0.3) is 0 Å². The molecule has 1 aliphatic rings. The first-order chi connectivity index (χ1) is 18.4. The predicted molar refractivity (Wildman–Crippen MR) is 145 cm³/mol. The molecule has 1 aliphatic heterocycles. The molecule has 0 saturated carbocycles. The van der Waals surface area contributed by atoms with E-state index in [2.05, 4.69) is 20.9 Å². The zero-order valence-electron chi connectivity index (χ0n) is 20.5. The molecule has 3 aromatic carbocycles. The molecular formula is C29H27BrN2O6. The molecule has 0 fully saturated rings. The van der Waals surface area contributed by atoms with Crippen LogP contribution in [-0.2, 0) is 51.7 Å². The number of hydrogen-bond donors (Lipinski definition) is 2. The molecule has 1 heterocycles. The molecule has 1 unspecified atom stereocenters. The molecule has 38 heavy (non-hydrogen) atoms. The number of aliphatic imine (C=N–C) groups is 1. The third-order valence-electron chi connectivity index (χ3n) is 5.79. The molecule has 8 nitrogen and oxygen atoms in total. The van der Waals surface area contributed by atoms with Crippen molar-refractivity contribution >= 4 is 34.2 Å². The normalized spacial score (nSPS) is 15.0. The Kier molecular flexibility index (Phi) is 9.29. The molecule has 1 atom stereocenters. The number of rotatable bonds is 12. The van der Waals surface area contributed by atoms with Crippen molar-refractivity contribution in [2.24, 2.45) is 4.99 Å². The summed E-state index contributed by atoms with van der Waals surface area (Å²) in [5.74, 6) is -1.33. The summed E-state index contributed by atoms with van der Waals surface area (Å²) >= 11 is 3.64. The summed E-state index contributed by atoms with van der Waals surface area (Å²) in [5, 5.41) is 18.0. The van der Waals surface area contributed by atoms with E-state index >= 15 is 0 Å². The molecule has 3 aromatic rings. The lowest BCUT2D eigenvalue weighted by atomic mass is 10.1. The first-order valence-corrected chi connectivity index (χ1v) is 12.7. The Bertz CT molecular complexity index is 1310. The molecule has 2 N–H and O–H groups in total. The maximum atomic E-state index is 11.0. The summed E-state index contributed by atoms with van der Waals surface area (Å²) in [6.07, 6.45) is 1.08. The van der Waals surface area contributed by atoms with Crippen LogP contribution < -0.4 is 0 Å². The van der Waals surface area contributed by atoms with E-state index in [1.54, 1.807) is 30.6 Å². The largest absolute Gasteiger partial charge is 0.481 e. The van der Waals surface area contributed by atoms with E-state index in [1.165, 1.54) is 0 Å².